The van der Waals surface area contributed by atoms with Gasteiger partial charge in [-0.15, -0.1) is 0 Å². The highest BCUT2D eigenvalue weighted by atomic mass is 79.9. The lowest BCUT2D eigenvalue weighted by atomic mass is 10.2. The molecule has 2 aromatic rings. The number of rotatable bonds is 6. The van der Waals surface area contributed by atoms with Gasteiger partial charge in [-0.25, -0.2) is 17.5 Å². The van der Waals surface area contributed by atoms with Gasteiger partial charge in [0.25, 0.3) is 0 Å². The van der Waals surface area contributed by atoms with Crippen molar-refractivity contribution in [1.29, 1.82) is 0 Å². The van der Waals surface area contributed by atoms with E-state index in [0.29, 0.717) is 10.2 Å². The Hall–Kier alpha value is -2.03. The van der Waals surface area contributed by atoms with Crippen molar-refractivity contribution in [2.75, 3.05) is 5.32 Å². The van der Waals surface area contributed by atoms with Crippen molar-refractivity contribution in [2.45, 2.75) is 23.8 Å². The SMILES string of the molecule is O=C(/C=C/c1cc(Br)ccc1F)Nc1cccc(S(=O)(=O)NC2CC2)c1. The number of nitrogens with one attached hydrogen (secondary N) is 2. The molecule has 0 radical (unpaired) electrons. The zero-order chi connectivity index (χ0) is 18.7. The van der Waals surface area contributed by atoms with Crippen LogP contribution in [0.15, 0.2) is 57.9 Å². The second-order valence-electron chi connectivity index (χ2n) is 5.91. The second-order valence-corrected chi connectivity index (χ2v) is 8.54. The molecule has 8 heteroatoms. The van der Waals surface area contributed by atoms with Crippen molar-refractivity contribution in [3.05, 3.63) is 64.4 Å². The van der Waals surface area contributed by atoms with Crippen LogP contribution in [0, 0.1) is 5.82 Å². The molecule has 1 fully saturated rings. The van der Waals surface area contributed by atoms with E-state index in [1.807, 2.05) is 0 Å². The van der Waals surface area contributed by atoms with Crippen LogP contribution in [0.1, 0.15) is 18.4 Å². The first kappa shape index (κ1) is 18.8. The molecule has 1 amide bonds. The number of amides is 1. The minimum absolute atomic E-state index is 0.00118. The molecule has 1 aliphatic rings. The van der Waals surface area contributed by atoms with Crippen LogP contribution in [-0.2, 0) is 14.8 Å². The predicted octanol–water partition coefficient (Wildman–Crippen LogP) is 3.68. The van der Waals surface area contributed by atoms with Crippen LogP contribution in [0.2, 0.25) is 0 Å². The van der Waals surface area contributed by atoms with Gasteiger partial charge in [0, 0.05) is 27.8 Å². The fraction of sp³-hybridized carbons (Fsp3) is 0.167. The third-order valence-electron chi connectivity index (χ3n) is 3.68. The zero-order valence-corrected chi connectivity index (χ0v) is 16.0. The number of carbonyl (C=O) groups excluding carboxylic acids is 1. The highest BCUT2D eigenvalue weighted by Crippen LogP contribution is 2.23. The molecule has 2 aromatic carbocycles. The molecule has 0 spiro atoms. The fourth-order valence-electron chi connectivity index (χ4n) is 2.22. The smallest absolute Gasteiger partial charge is 0.248 e. The Balaban J connectivity index is 1.70. The molecule has 1 aliphatic carbocycles. The number of benzene rings is 2. The summed E-state index contributed by atoms with van der Waals surface area (Å²) >= 11 is 3.24. The second kappa shape index (κ2) is 7.69. The fourth-order valence-corrected chi connectivity index (χ4v) is 3.95. The van der Waals surface area contributed by atoms with Gasteiger partial charge in [0.2, 0.25) is 15.9 Å². The molecule has 0 saturated heterocycles. The molecular formula is C18H16BrFN2O3S. The molecule has 1 saturated carbocycles. The maximum atomic E-state index is 13.7. The average Bonchev–Trinajstić information content (AvgIpc) is 3.39. The van der Waals surface area contributed by atoms with E-state index in [1.54, 1.807) is 24.3 Å². The summed E-state index contributed by atoms with van der Waals surface area (Å²) in [5, 5.41) is 2.58. The molecule has 2 N–H and O–H groups in total. The Morgan fingerprint density at radius 1 is 1.19 bits per heavy atom. The first-order valence-corrected chi connectivity index (χ1v) is 10.2. The highest BCUT2D eigenvalue weighted by molar-refractivity contribution is 9.10. The number of anilines is 1. The van der Waals surface area contributed by atoms with E-state index in [4.69, 9.17) is 0 Å². The minimum atomic E-state index is -3.60. The molecule has 136 valence electrons. The molecule has 0 aromatic heterocycles. The summed E-state index contributed by atoms with van der Waals surface area (Å²) in [6.07, 6.45) is 4.22. The summed E-state index contributed by atoms with van der Waals surface area (Å²) in [6, 6.07) is 10.4. The molecule has 0 bridgehead atoms. The first-order valence-electron chi connectivity index (χ1n) is 7.90. The first-order chi connectivity index (χ1) is 12.3. The van der Waals surface area contributed by atoms with E-state index >= 15 is 0 Å². The van der Waals surface area contributed by atoms with Crippen molar-refractivity contribution in [3.63, 3.8) is 0 Å². The van der Waals surface area contributed by atoms with Gasteiger partial charge >= 0.3 is 0 Å². The van der Waals surface area contributed by atoms with Crippen LogP contribution in [0.5, 0.6) is 0 Å². The number of hydrogen-bond acceptors (Lipinski definition) is 3. The van der Waals surface area contributed by atoms with Gasteiger partial charge in [0.05, 0.1) is 4.90 Å². The monoisotopic (exact) mass is 438 g/mol. The zero-order valence-electron chi connectivity index (χ0n) is 13.6. The Kier molecular flexibility index (Phi) is 5.55. The largest absolute Gasteiger partial charge is 0.322 e. The molecule has 0 aliphatic heterocycles. The minimum Gasteiger partial charge on any atom is -0.322 e. The maximum Gasteiger partial charge on any atom is 0.248 e. The lowest BCUT2D eigenvalue weighted by Crippen LogP contribution is -2.25. The summed E-state index contributed by atoms with van der Waals surface area (Å²) in [5.74, 6) is -0.939. The molecule has 3 rings (SSSR count). The van der Waals surface area contributed by atoms with E-state index in [2.05, 4.69) is 26.0 Å². The topological polar surface area (TPSA) is 75.3 Å². The molecule has 26 heavy (non-hydrogen) atoms. The van der Waals surface area contributed by atoms with Crippen molar-refractivity contribution < 1.29 is 17.6 Å². The van der Waals surface area contributed by atoms with Crippen molar-refractivity contribution in [3.8, 4) is 0 Å². The summed E-state index contributed by atoms with van der Waals surface area (Å²) < 4.78 is 41.4. The Morgan fingerprint density at radius 2 is 1.96 bits per heavy atom. The van der Waals surface area contributed by atoms with E-state index < -0.39 is 21.7 Å². The third kappa shape index (κ3) is 5.00. The summed E-state index contributed by atoms with van der Waals surface area (Å²) in [5.41, 5.74) is 0.604. The van der Waals surface area contributed by atoms with Gasteiger partial charge < -0.3 is 5.32 Å². The number of carbonyl (C=O) groups is 1. The highest BCUT2D eigenvalue weighted by Gasteiger charge is 2.28. The van der Waals surface area contributed by atoms with Gasteiger partial charge in [-0.2, -0.15) is 0 Å². The number of halogens is 2. The van der Waals surface area contributed by atoms with Crippen molar-refractivity contribution >= 4 is 43.6 Å². The van der Waals surface area contributed by atoms with E-state index in [-0.39, 0.29) is 16.5 Å². The van der Waals surface area contributed by atoms with Crippen LogP contribution >= 0.6 is 15.9 Å². The van der Waals surface area contributed by atoms with Gasteiger partial charge in [-0.1, -0.05) is 22.0 Å². The van der Waals surface area contributed by atoms with Crippen LogP contribution < -0.4 is 10.0 Å². The van der Waals surface area contributed by atoms with Crippen LogP contribution in [0.25, 0.3) is 6.08 Å². The average molecular weight is 439 g/mol. The van der Waals surface area contributed by atoms with Crippen molar-refractivity contribution in [1.82, 2.24) is 4.72 Å². The predicted molar refractivity (Wildman–Crippen MR) is 102 cm³/mol. The summed E-state index contributed by atoms with van der Waals surface area (Å²) in [6.45, 7) is 0. The van der Waals surface area contributed by atoms with Crippen LogP contribution in [0.4, 0.5) is 10.1 Å². The van der Waals surface area contributed by atoms with Gasteiger partial charge in [-0.05, 0) is 55.3 Å². The normalized spacial score (nSPS) is 14.5. The summed E-state index contributed by atoms with van der Waals surface area (Å²) in [4.78, 5) is 12.1. The summed E-state index contributed by atoms with van der Waals surface area (Å²) in [7, 11) is -3.60. The van der Waals surface area contributed by atoms with E-state index in [1.165, 1.54) is 30.4 Å². The standard InChI is InChI=1S/C18H16BrFN2O3S/c19-13-5-8-17(20)12(10-13)4-9-18(23)21-15-2-1-3-16(11-15)26(24,25)22-14-6-7-14/h1-5,8-11,14,22H,6-7H2,(H,21,23)/b9-4+. The number of sulfonamides is 1. The Labute approximate surface area is 159 Å². The number of hydrogen-bond donors (Lipinski definition) is 2. The third-order valence-corrected chi connectivity index (χ3v) is 5.69. The quantitative estimate of drug-likeness (QED) is 0.675. The lowest BCUT2D eigenvalue weighted by Gasteiger charge is -2.08. The molecular weight excluding hydrogens is 423 g/mol. The van der Waals surface area contributed by atoms with Crippen molar-refractivity contribution in [2.24, 2.45) is 0 Å². The van der Waals surface area contributed by atoms with Crippen LogP contribution in [-0.4, -0.2) is 20.4 Å². The van der Waals surface area contributed by atoms with E-state index in [0.717, 1.165) is 12.8 Å². The molecule has 0 atom stereocenters. The molecule has 5 nitrogen and oxygen atoms in total. The molecule has 0 unspecified atom stereocenters. The molecule has 0 heterocycles. The maximum absolute atomic E-state index is 13.7. The van der Waals surface area contributed by atoms with Gasteiger partial charge in [-0.3, -0.25) is 4.79 Å². The lowest BCUT2D eigenvalue weighted by molar-refractivity contribution is -0.111. The van der Waals surface area contributed by atoms with Gasteiger partial charge in [0.1, 0.15) is 5.82 Å². The Morgan fingerprint density at radius 3 is 2.69 bits per heavy atom. The Bertz CT molecular complexity index is 972. The van der Waals surface area contributed by atoms with Crippen LogP contribution in [0.3, 0.4) is 0 Å². The van der Waals surface area contributed by atoms with Gasteiger partial charge in [0.15, 0.2) is 0 Å². The van der Waals surface area contributed by atoms with E-state index in [9.17, 15) is 17.6 Å².